The fourth-order valence-electron chi connectivity index (χ4n) is 3.37. The average molecular weight is 417 g/mol. The Hall–Kier alpha value is -3.43. The molecule has 3 heterocycles. The van der Waals surface area contributed by atoms with Crippen LogP contribution in [-0.4, -0.2) is 40.2 Å². The zero-order valence-electron chi connectivity index (χ0n) is 16.0. The number of anilines is 1. The minimum Gasteiger partial charge on any atom is -0.354 e. The number of pyridine rings is 1. The number of hydrogen-bond acceptors (Lipinski definition) is 6. The van der Waals surface area contributed by atoms with Crippen LogP contribution in [0.3, 0.4) is 0 Å². The van der Waals surface area contributed by atoms with Crippen molar-refractivity contribution in [2.24, 2.45) is 0 Å². The number of carbonyl (C=O) groups is 1. The topological polar surface area (TPSA) is 84.2 Å². The summed E-state index contributed by atoms with van der Waals surface area (Å²) < 4.78 is 43.9. The van der Waals surface area contributed by atoms with E-state index >= 15 is 0 Å². The molecule has 10 heteroatoms. The van der Waals surface area contributed by atoms with Crippen molar-refractivity contribution in [3.63, 3.8) is 0 Å². The Morgan fingerprint density at radius 3 is 2.77 bits per heavy atom. The fourth-order valence-corrected chi connectivity index (χ4v) is 3.37. The van der Waals surface area contributed by atoms with E-state index in [4.69, 9.17) is 4.52 Å². The maximum absolute atomic E-state index is 12.9. The summed E-state index contributed by atoms with van der Waals surface area (Å²) in [5.41, 5.74) is -0.00637. The summed E-state index contributed by atoms with van der Waals surface area (Å²) in [7, 11) is 0. The molecule has 1 amide bonds. The van der Waals surface area contributed by atoms with E-state index < -0.39 is 11.7 Å². The number of halogens is 3. The first-order valence-corrected chi connectivity index (χ1v) is 9.29. The predicted octanol–water partition coefficient (Wildman–Crippen LogP) is 3.53. The predicted molar refractivity (Wildman–Crippen MR) is 102 cm³/mol. The first-order chi connectivity index (χ1) is 14.3. The van der Waals surface area contributed by atoms with Crippen LogP contribution in [0.1, 0.15) is 18.9 Å². The van der Waals surface area contributed by atoms with Crippen molar-refractivity contribution >= 4 is 11.7 Å². The van der Waals surface area contributed by atoms with Gasteiger partial charge in [-0.25, -0.2) is 4.98 Å². The Labute approximate surface area is 169 Å². The van der Waals surface area contributed by atoms with Crippen molar-refractivity contribution in [2.75, 3.05) is 18.0 Å². The number of amides is 1. The lowest BCUT2D eigenvalue weighted by molar-refractivity contribution is -0.137. The molecule has 1 saturated heterocycles. The second kappa shape index (κ2) is 7.77. The average Bonchev–Trinajstić information content (AvgIpc) is 3.37. The van der Waals surface area contributed by atoms with Gasteiger partial charge in [0, 0.05) is 37.8 Å². The van der Waals surface area contributed by atoms with Crippen molar-refractivity contribution < 1.29 is 22.5 Å². The molecule has 1 aromatic carbocycles. The number of hydrogen-bond donors (Lipinski definition) is 1. The van der Waals surface area contributed by atoms with Crippen LogP contribution in [0.15, 0.2) is 47.1 Å². The number of carbonyl (C=O) groups excluding carboxylic acids is 1. The highest BCUT2D eigenvalue weighted by Crippen LogP contribution is 2.32. The van der Waals surface area contributed by atoms with Crippen molar-refractivity contribution in [1.29, 1.82) is 0 Å². The summed E-state index contributed by atoms with van der Waals surface area (Å²) in [6.07, 6.45) is -2.03. The summed E-state index contributed by atoms with van der Waals surface area (Å²) in [4.78, 5) is 21.9. The van der Waals surface area contributed by atoms with Crippen LogP contribution < -0.4 is 10.2 Å². The number of nitrogens with one attached hydrogen (secondary N) is 1. The summed E-state index contributed by atoms with van der Waals surface area (Å²) in [5, 5.41) is 6.69. The van der Waals surface area contributed by atoms with E-state index in [1.165, 1.54) is 19.1 Å². The zero-order chi connectivity index (χ0) is 21.3. The lowest BCUT2D eigenvalue weighted by Gasteiger charge is -2.17. The molecule has 0 spiro atoms. The van der Waals surface area contributed by atoms with E-state index in [1.54, 1.807) is 18.3 Å². The van der Waals surface area contributed by atoms with Gasteiger partial charge in [0.25, 0.3) is 5.89 Å². The molecule has 0 aliphatic carbocycles. The standard InChI is InChI=1S/C20H18F3N5O2/c1-12(29)25-16-7-8-28(11-16)17-6-5-14(10-24-17)19-26-18(27-30-19)13-3-2-4-15(9-13)20(21,22)23/h2-6,9-10,16H,7-8,11H2,1H3,(H,25,29)/t16-/m0/s1. The Morgan fingerprint density at radius 1 is 1.23 bits per heavy atom. The van der Waals surface area contributed by atoms with Crippen LogP contribution >= 0.6 is 0 Å². The van der Waals surface area contributed by atoms with Gasteiger partial charge in [0.15, 0.2) is 0 Å². The van der Waals surface area contributed by atoms with E-state index in [9.17, 15) is 18.0 Å². The van der Waals surface area contributed by atoms with Crippen LogP contribution in [0.5, 0.6) is 0 Å². The van der Waals surface area contributed by atoms with E-state index in [0.717, 1.165) is 30.9 Å². The second-order valence-corrected chi connectivity index (χ2v) is 7.04. The Balaban J connectivity index is 1.49. The molecule has 1 fully saturated rings. The summed E-state index contributed by atoms with van der Waals surface area (Å²) in [6, 6.07) is 8.42. The van der Waals surface area contributed by atoms with E-state index in [1.807, 2.05) is 0 Å². The van der Waals surface area contributed by atoms with Gasteiger partial charge >= 0.3 is 6.18 Å². The maximum Gasteiger partial charge on any atom is 0.416 e. The minimum absolute atomic E-state index is 0.0573. The molecule has 1 atom stereocenters. The zero-order valence-corrected chi connectivity index (χ0v) is 16.0. The second-order valence-electron chi connectivity index (χ2n) is 7.04. The molecular formula is C20H18F3N5O2. The largest absolute Gasteiger partial charge is 0.416 e. The number of rotatable bonds is 4. The molecule has 30 heavy (non-hydrogen) atoms. The lowest BCUT2D eigenvalue weighted by Crippen LogP contribution is -2.35. The Morgan fingerprint density at radius 2 is 2.07 bits per heavy atom. The summed E-state index contributed by atoms with van der Waals surface area (Å²) in [5.74, 6) is 0.930. The monoisotopic (exact) mass is 417 g/mol. The van der Waals surface area contributed by atoms with Gasteiger partial charge < -0.3 is 14.7 Å². The number of benzene rings is 1. The van der Waals surface area contributed by atoms with Crippen LogP contribution in [0.4, 0.5) is 19.0 Å². The van der Waals surface area contributed by atoms with E-state index in [2.05, 4.69) is 25.3 Å². The third kappa shape index (κ3) is 4.27. The molecule has 0 bridgehead atoms. The van der Waals surface area contributed by atoms with Gasteiger partial charge in [-0.3, -0.25) is 4.79 Å². The highest BCUT2D eigenvalue weighted by Gasteiger charge is 2.31. The first-order valence-electron chi connectivity index (χ1n) is 9.29. The molecule has 1 N–H and O–H groups in total. The van der Waals surface area contributed by atoms with Crippen molar-refractivity contribution in [3.05, 3.63) is 48.2 Å². The molecule has 0 saturated carbocycles. The Bertz CT molecular complexity index is 1050. The lowest BCUT2D eigenvalue weighted by atomic mass is 10.1. The van der Waals surface area contributed by atoms with E-state index in [0.29, 0.717) is 12.1 Å². The first kappa shape index (κ1) is 19.9. The Kier molecular flexibility index (Phi) is 5.15. The maximum atomic E-state index is 12.9. The number of aromatic nitrogens is 3. The van der Waals surface area contributed by atoms with Gasteiger partial charge in [-0.15, -0.1) is 0 Å². The van der Waals surface area contributed by atoms with Crippen LogP contribution in [0.25, 0.3) is 22.8 Å². The van der Waals surface area contributed by atoms with Gasteiger partial charge in [0.1, 0.15) is 5.82 Å². The molecule has 0 radical (unpaired) electrons. The highest BCUT2D eigenvalue weighted by atomic mass is 19.4. The fraction of sp³-hybridized carbons (Fsp3) is 0.300. The summed E-state index contributed by atoms with van der Waals surface area (Å²) in [6.45, 7) is 2.94. The van der Waals surface area contributed by atoms with Gasteiger partial charge in [-0.05, 0) is 30.7 Å². The van der Waals surface area contributed by atoms with Crippen molar-refractivity contribution in [3.8, 4) is 22.8 Å². The molecule has 0 unspecified atom stereocenters. The van der Waals surface area contributed by atoms with Crippen molar-refractivity contribution in [1.82, 2.24) is 20.4 Å². The van der Waals surface area contributed by atoms with Crippen LogP contribution in [0, 0.1) is 0 Å². The smallest absolute Gasteiger partial charge is 0.354 e. The third-order valence-corrected chi connectivity index (χ3v) is 4.79. The molecular weight excluding hydrogens is 399 g/mol. The molecule has 7 nitrogen and oxygen atoms in total. The quantitative estimate of drug-likeness (QED) is 0.699. The van der Waals surface area contributed by atoms with E-state index in [-0.39, 0.29) is 29.2 Å². The summed E-state index contributed by atoms with van der Waals surface area (Å²) >= 11 is 0. The van der Waals surface area contributed by atoms with Crippen LogP contribution in [-0.2, 0) is 11.0 Å². The molecule has 1 aliphatic heterocycles. The molecule has 2 aromatic heterocycles. The number of alkyl halides is 3. The molecule has 156 valence electrons. The van der Waals surface area contributed by atoms with Gasteiger partial charge in [-0.1, -0.05) is 17.3 Å². The third-order valence-electron chi connectivity index (χ3n) is 4.79. The van der Waals surface area contributed by atoms with Gasteiger partial charge in [0.05, 0.1) is 11.1 Å². The number of nitrogens with zero attached hydrogens (tertiary/aromatic N) is 4. The molecule has 4 rings (SSSR count). The van der Waals surface area contributed by atoms with Crippen LogP contribution in [0.2, 0.25) is 0 Å². The normalized spacial score (nSPS) is 16.7. The minimum atomic E-state index is -4.45. The molecule has 1 aliphatic rings. The van der Waals surface area contributed by atoms with Crippen molar-refractivity contribution in [2.45, 2.75) is 25.6 Å². The SMILES string of the molecule is CC(=O)N[C@H]1CCN(c2ccc(-c3nc(-c4cccc(C(F)(F)F)c4)no3)cn2)C1. The highest BCUT2D eigenvalue weighted by molar-refractivity contribution is 5.73. The molecule has 3 aromatic rings. The van der Waals surface area contributed by atoms with Gasteiger partial charge in [-0.2, -0.15) is 18.2 Å². The van der Waals surface area contributed by atoms with Gasteiger partial charge in [0.2, 0.25) is 11.7 Å².